The second-order valence-electron chi connectivity index (χ2n) is 4.27. The maximum atomic E-state index is 12.2. The van der Waals surface area contributed by atoms with E-state index in [0.717, 1.165) is 25.9 Å². The Kier molecular flexibility index (Phi) is 5.76. The summed E-state index contributed by atoms with van der Waals surface area (Å²) < 4.78 is 5.30. The molecule has 0 aromatic carbocycles. The molecule has 17 heavy (non-hydrogen) atoms. The predicted molar refractivity (Wildman–Crippen MR) is 63.8 cm³/mol. The molecule has 0 spiro atoms. The summed E-state index contributed by atoms with van der Waals surface area (Å²) in [6.07, 6.45) is 2.62. The van der Waals surface area contributed by atoms with E-state index in [9.17, 15) is 4.79 Å². The number of hydrogen-bond donors (Lipinski definition) is 2. The van der Waals surface area contributed by atoms with Crippen LogP contribution in [0.15, 0.2) is 5.16 Å². The van der Waals surface area contributed by atoms with E-state index in [-0.39, 0.29) is 24.2 Å². The van der Waals surface area contributed by atoms with E-state index in [1.54, 1.807) is 4.90 Å². The van der Waals surface area contributed by atoms with Gasteiger partial charge in [-0.15, -0.1) is 0 Å². The number of nitrogens with zero attached hydrogens (tertiary/aromatic N) is 2. The van der Waals surface area contributed by atoms with E-state index in [1.165, 1.54) is 0 Å². The van der Waals surface area contributed by atoms with Crippen LogP contribution in [-0.4, -0.2) is 48.2 Å². The van der Waals surface area contributed by atoms with Crippen molar-refractivity contribution >= 4 is 11.7 Å². The van der Waals surface area contributed by atoms with E-state index < -0.39 is 0 Å². The van der Waals surface area contributed by atoms with Gasteiger partial charge in [-0.2, -0.15) is 0 Å². The van der Waals surface area contributed by atoms with Crippen LogP contribution in [-0.2, 0) is 9.53 Å². The van der Waals surface area contributed by atoms with E-state index in [4.69, 9.17) is 15.7 Å². The van der Waals surface area contributed by atoms with Crippen LogP contribution in [0.5, 0.6) is 0 Å². The molecule has 1 saturated heterocycles. The van der Waals surface area contributed by atoms with Crippen molar-refractivity contribution in [1.82, 2.24) is 4.90 Å². The Hall–Kier alpha value is -1.30. The molecule has 0 aliphatic carbocycles. The molecule has 0 aromatic rings. The van der Waals surface area contributed by atoms with E-state index in [0.29, 0.717) is 13.2 Å². The highest BCUT2D eigenvalue weighted by molar-refractivity contribution is 5.87. The van der Waals surface area contributed by atoms with Crippen LogP contribution >= 0.6 is 0 Å². The smallest absolute Gasteiger partial charge is 0.228 e. The van der Waals surface area contributed by atoms with Gasteiger partial charge in [0.2, 0.25) is 5.91 Å². The van der Waals surface area contributed by atoms with Gasteiger partial charge < -0.3 is 20.6 Å². The third-order valence-corrected chi connectivity index (χ3v) is 2.80. The number of hydrogen-bond acceptors (Lipinski definition) is 4. The monoisotopic (exact) mass is 243 g/mol. The van der Waals surface area contributed by atoms with Gasteiger partial charge in [0, 0.05) is 13.2 Å². The fourth-order valence-corrected chi connectivity index (χ4v) is 1.96. The number of oxime groups is 1. The average Bonchev–Trinajstić information content (AvgIpc) is 2.38. The highest BCUT2D eigenvalue weighted by Gasteiger charge is 2.26. The Bertz CT molecular complexity index is 275. The summed E-state index contributed by atoms with van der Waals surface area (Å²) >= 11 is 0. The maximum Gasteiger partial charge on any atom is 0.228 e. The van der Waals surface area contributed by atoms with Crippen molar-refractivity contribution < 1.29 is 14.7 Å². The van der Waals surface area contributed by atoms with Crippen LogP contribution in [0.2, 0.25) is 0 Å². The van der Waals surface area contributed by atoms with Crippen molar-refractivity contribution in [2.75, 3.05) is 26.3 Å². The van der Waals surface area contributed by atoms with Gasteiger partial charge in [0.05, 0.1) is 19.1 Å². The molecule has 1 unspecified atom stereocenters. The summed E-state index contributed by atoms with van der Waals surface area (Å²) in [5.74, 6) is 0.0171. The molecule has 1 amide bonds. The molecule has 1 atom stereocenters. The number of ether oxygens (including phenoxy) is 1. The second kappa shape index (κ2) is 7.11. The summed E-state index contributed by atoms with van der Waals surface area (Å²) in [5.41, 5.74) is 5.45. The van der Waals surface area contributed by atoms with Crippen molar-refractivity contribution in [1.29, 1.82) is 0 Å². The summed E-state index contributed by atoms with van der Waals surface area (Å²) in [6, 6.07) is 0. The van der Waals surface area contributed by atoms with Crippen LogP contribution in [0.1, 0.15) is 26.2 Å². The molecule has 0 saturated carbocycles. The Morgan fingerprint density at radius 3 is 2.94 bits per heavy atom. The summed E-state index contributed by atoms with van der Waals surface area (Å²) in [7, 11) is 0. The molecule has 3 N–H and O–H groups in total. The van der Waals surface area contributed by atoms with Gasteiger partial charge in [-0.25, -0.2) is 0 Å². The zero-order valence-electron chi connectivity index (χ0n) is 10.3. The molecule has 1 aliphatic rings. The first-order chi connectivity index (χ1) is 8.19. The Balaban J connectivity index is 2.58. The van der Waals surface area contributed by atoms with Gasteiger partial charge >= 0.3 is 0 Å². The molecular formula is C11H21N3O3. The van der Waals surface area contributed by atoms with E-state index in [2.05, 4.69) is 5.16 Å². The minimum Gasteiger partial charge on any atom is -0.409 e. The number of carbonyl (C=O) groups excluding carboxylic acids is 1. The third-order valence-electron chi connectivity index (χ3n) is 2.80. The number of rotatable bonds is 5. The highest BCUT2D eigenvalue weighted by Crippen LogP contribution is 2.16. The predicted octanol–water partition coefficient (Wildman–Crippen LogP) is 0.398. The van der Waals surface area contributed by atoms with Gasteiger partial charge in [0.25, 0.3) is 0 Å². The lowest BCUT2D eigenvalue weighted by molar-refractivity contribution is -0.139. The van der Waals surface area contributed by atoms with Gasteiger partial charge in [0.1, 0.15) is 0 Å². The van der Waals surface area contributed by atoms with E-state index >= 15 is 0 Å². The van der Waals surface area contributed by atoms with Crippen LogP contribution in [0.25, 0.3) is 0 Å². The van der Waals surface area contributed by atoms with Crippen LogP contribution in [0, 0.1) is 5.92 Å². The molecule has 0 aromatic heterocycles. The second-order valence-corrected chi connectivity index (χ2v) is 4.27. The fraction of sp³-hybridized carbons (Fsp3) is 0.818. The fourth-order valence-electron chi connectivity index (χ4n) is 1.96. The third kappa shape index (κ3) is 4.22. The molecule has 98 valence electrons. The normalized spacial score (nSPS) is 21.2. The van der Waals surface area contributed by atoms with Crippen LogP contribution in [0.4, 0.5) is 0 Å². The summed E-state index contributed by atoms with van der Waals surface area (Å²) in [4.78, 5) is 13.8. The first-order valence-corrected chi connectivity index (χ1v) is 6.02. The van der Waals surface area contributed by atoms with Gasteiger partial charge in [-0.3, -0.25) is 4.79 Å². The molecule has 6 heteroatoms. The summed E-state index contributed by atoms with van der Waals surface area (Å²) in [6.45, 7) is 4.00. The molecule has 0 radical (unpaired) electrons. The van der Waals surface area contributed by atoms with Crippen LogP contribution < -0.4 is 5.73 Å². The first-order valence-electron chi connectivity index (χ1n) is 6.02. The zero-order chi connectivity index (χ0) is 12.7. The van der Waals surface area contributed by atoms with Gasteiger partial charge in [0.15, 0.2) is 5.84 Å². The van der Waals surface area contributed by atoms with Gasteiger partial charge in [-0.05, 0) is 19.3 Å². The number of amides is 1. The molecule has 1 fully saturated rings. The lowest BCUT2D eigenvalue weighted by atomic mass is 10.0. The molecule has 1 aliphatic heterocycles. The standard InChI is InChI=1S/C11H21N3O3/c1-2-5-14(7-10(12)13-16)11(15)9-4-3-6-17-8-9/h9,16H,2-8H2,1H3,(H2,12,13). The number of nitrogens with two attached hydrogens (primary N) is 1. The molecule has 1 rings (SSSR count). The van der Waals surface area contributed by atoms with Crippen molar-refractivity contribution in [3.8, 4) is 0 Å². The molecule has 6 nitrogen and oxygen atoms in total. The van der Waals surface area contributed by atoms with Gasteiger partial charge in [-0.1, -0.05) is 12.1 Å². The number of carbonyl (C=O) groups is 1. The maximum absolute atomic E-state index is 12.2. The minimum atomic E-state index is -0.0817. The molecule has 0 bridgehead atoms. The Morgan fingerprint density at radius 2 is 2.41 bits per heavy atom. The minimum absolute atomic E-state index is 0.0400. The van der Waals surface area contributed by atoms with E-state index in [1.807, 2.05) is 6.92 Å². The van der Waals surface area contributed by atoms with Crippen LogP contribution in [0.3, 0.4) is 0 Å². The quantitative estimate of drug-likeness (QED) is 0.316. The largest absolute Gasteiger partial charge is 0.409 e. The van der Waals surface area contributed by atoms with Crippen molar-refractivity contribution in [3.63, 3.8) is 0 Å². The lowest BCUT2D eigenvalue weighted by Crippen LogP contribution is -2.44. The number of amidine groups is 1. The lowest BCUT2D eigenvalue weighted by Gasteiger charge is -2.28. The van der Waals surface area contributed by atoms with Crippen molar-refractivity contribution in [2.45, 2.75) is 26.2 Å². The zero-order valence-corrected chi connectivity index (χ0v) is 10.3. The molecule has 1 heterocycles. The van der Waals surface area contributed by atoms with Crippen molar-refractivity contribution in [2.24, 2.45) is 16.8 Å². The molecular weight excluding hydrogens is 222 g/mol. The Labute approximate surface area is 101 Å². The highest BCUT2D eigenvalue weighted by atomic mass is 16.5. The Morgan fingerprint density at radius 1 is 1.65 bits per heavy atom. The summed E-state index contributed by atoms with van der Waals surface area (Å²) in [5, 5.41) is 11.5. The van der Waals surface area contributed by atoms with Crippen molar-refractivity contribution in [3.05, 3.63) is 0 Å². The SMILES string of the molecule is CCCN(CC(N)=NO)C(=O)C1CCCOC1. The average molecular weight is 243 g/mol. The topological polar surface area (TPSA) is 88.1 Å². The first kappa shape index (κ1) is 13.8.